The number of fused-ring (bicyclic) bond motifs is 3. The minimum atomic E-state index is 0.193. The number of ether oxygens (including phenoxy) is 3. The summed E-state index contributed by atoms with van der Waals surface area (Å²) >= 11 is 0. The molecular formula is C26H29N3O3. The van der Waals surface area contributed by atoms with Crippen LogP contribution in [0.5, 0.6) is 17.2 Å². The van der Waals surface area contributed by atoms with E-state index in [1.165, 1.54) is 22.4 Å². The van der Waals surface area contributed by atoms with Crippen molar-refractivity contribution in [3.8, 4) is 17.2 Å². The van der Waals surface area contributed by atoms with Gasteiger partial charge >= 0.3 is 0 Å². The van der Waals surface area contributed by atoms with E-state index in [4.69, 9.17) is 14.2 Å². The topological polar surface area (TPSA) is 55.0 Å². The lowest BCUT2D eigenvalue weighted by Gasteiger charge is -2.39. The summed E-state index contributed by atoms with van der Waals surface area (Å²) in [5.74, 6) is 2.98. The van der Waals surface area contributed by atoms with Gasteiger partial charge in [0.15, 0.2) is 0 Å². The van der Waals surface area contributed by atoms with Crippen molar-refractivity contribution >= 4 is 5.69 Å². The quantitative estimate of drug-likeness (QED) is 0.609. The Labute approximate surface area is 189 Å². The van der Waals surface area contributed by atoms with Crippen molar-refractivity contribution in [1.29, 1.82) is 0 Å². The van der Waals surface area contributed by atoms with Crippen LogP contribution in [0.25, 0.3) is 0 Å². The van der Waals surface area contributed by atoms with Crippen LogP contribution in [0.4, 0.5) is 5.69 Å². The lowest BCUT2D eigenvalue weighted by molar-refractivity contribution is 0.391. The molecule has 2 N–H and O–H groups in total. The van der Waals surface area contributed by atoms with Crippen LogP contribution >= 0.6 is 0 Å². The number of nitrogens with zero attached hydrogens (tertiary/aromatic N) is 1. The predicted octanol–water partition coefficient (Wildman–Crippen LogP) is 4.24. The molecule has 6 nitrogen and oxygen atoms in total. The number of nitrogens with one attached hydrogen (secondary N) is 2. The van der Waals surface area contributed by atoms with Crippen LogP contribution in [-0.4, -0.2) is 27.9 Å². The molecule has 166 valence electrons. The van der Waals surface area contributed by atoms with Gasteiger partial charge in [-0.25, -0.2) is 10.9 Å². The molecule has 2 aliphatic heterocycles. The van der Waals surface area contributed by atoms with E-state index in [0.717, 1.165) is 30.3 Å². The van der Waals surface area contributed by atoms with Gasteiger partial charge in [0, 0.05) is 24.7 Å². The number of hydrogen-bond donors (Lipinski definition) is 2. The number of hydrogen-bond acceptors (Lipinski definition) is 6. The van der Waals surface area contributed by atoms with E-state index in [-0.39, 0.29) is 12.1 Å². The van der Waals surface area contributed by atoms with Gasteiger partial charge in [-0.15, -0.1) is 0 Å². The third-order valence-corrected chi connectivity index (χ3v) is 6.57. The average molecular weight is 432 g/mol. The fraction of sp³-hybridized carbons (Fsp3) is 0.308. The van der Waals surface area contributed by atoms with Crippen molar-refractivity contribution < 1.29 is 14.2 Å². The first kappa shape index (κ1) is 20.7. The molecule has 5 rings (SSSR count). The molecular weight excluding hydrogens is 402 g/mol. The fourth-order valence-corrected chi connectivity index (χ4v) is 4.94. The Bertz CT molecular complexity index is 1090. The molecule has 6 heteroatoms. The van der Waals surface area contributed by atoms with Crippen molar-refractivity contribution in [2.75, 3.05) is 32.8 Å². The average Bonchev–Trinajstić information content (AvgIpc) is 3.28. The highest BCUT2D eigenvalue weighted by Crippen LogP contribution is 2.46. The molecule has 2 heterocycles. The number of hydrazine groups is 1. The first-order valence-corrected chi connectivity index (χ1v) is 10.9. The van der Waals surface area contributed by atoms with Crippen LogP contribution < -0.4 is 30.0 Å². The smallest absolute Gasteiger partial charge is 0.119 e. The largest absolute Gasteiger partial charge is 0.497 e. The van der Waals surface area contributed by atoms with Crippen molar-refractivity contribution in [2.45, 2.75) is 18.6 Å². The highest BCUT2D eigenvalue weighted by molar-refractivity contribution is 5.61. The van der Waals surface area contributed by atoms with Gasteiger partial charge in [-0.3, -0.25) is 0 Å². The minimum Gasteiger partial charge on any atom is -0.497 e. The van der Waals surface area contributed by atoms with E-state index in [9.17, 15) is 0 Å². The van der Waals surface area contributed by atoms with Crippen LogP contribution in [0.3, 0.4) is 0 Å². The molecule has 3 aromatic rings. The summed E-state index contributed by atoms with van der Waals surface area (Å²) in [5, 5.41) is 0. The van der Waals surface area contributed by atoms with Gasteiger partial charge in [0.25, 0.3) is 0 Å². The molecule has 3 atom stereocenters. The van der Waals surface area contributed by atoms with E-state index >= 15 is 0 Å². The van der Waals surface area contributed by atoms with Gasteiger partial charge in [-0.1, -0.05) is 24.3 Å². The summed E-state index contributed by atoms with van der Waals surface area (Å²) in [6, 6.07) is 23.4. The maximum atomic E-state index is 5.55. The zero-order chi connectivity index (χ0) is 22.1. The molecule has 32 heavy (non-hydrogen) atoms. The molecule has 0 saturated carbocycles. The Balaban J connectivity index is 1.50. The number of methoxy groups -OCH3 is 3. The van der Waals surface area contributed by atoms with Gasteiger partial charge in [0.1, 0.15) is 17.2 Å². The molecule has 0 aromatic heterocycles. The molecule has 2 aliphatic rings. The highest BCUT2D eigenvalue weighted by atomic mass is 16.5. The second kappa shape index (κ2) is 8.73. The summed E-state index contributed by atoms with van der Waals surface area (Å²) < 4.78 is 16.3. The van der Waals surface area contributed by atoms with Crippen LogP contribution in [0.1, 0.15) is 28.8 Å². The Morgan fingerprint density at radius 3 is 2.22 bits per heavy atom. The number of anilines is 1. The molecule has 1 saturated heterocycles. The summed E-state index contributed by atoms with van der Waals surface area (Å²) in [5.41, 5.74) is 12.1. The van der Waals surface area contributed by atoms with E-state index in [1.54, 1.807) is 21.3 Å². The van der Waals surface area contributed by atoms with Crippen LogP contribution in [-0.2, 0) is 6.54 Å². The molecule has 3 aromatic carbocycles. The van der Waals surface area contributed by atoms with Crippen LogP contribution in [0, 0.1) is 5.92 Å². The monoisotopic (exact) mass is 431 g/mol. The Morgan fingerprint density at radius 2 is 1.47 bits per heavy atom. The Kier molecular flexibility index (Phi) is 5.64. The third-order valence-electron chi connectivity index (χ3n) is 6.57. The molecule has 3 unspecified atom stereocenters. The SMILES string of the molecule is COc1ccc(C2NNC3c4cc(OC)ccc4N(Cc4cccc(OC)c4)CC23)cc1. The zero-order valence-corrected chi connectivity index (χ0v) is 18.7. The number of rotatable bonds is 6. The summed E-state index contributed by atoms with van der Waals surface area (Å²) in [6.07, 6.45) is 0. The van der Waals surface area contributed by atoms with E-state index in [1.807, 2.05) is 24.3 Å². The fourth-order valence-electron chi connectivity index (χ4n) is 4.94. The minimum absolute atomic E-state index is 0.193. The summed E-state index contributed by atoms with van der Waals surface area (Å²) in [7, 11) is 5.13. The highest BCUT2D eigenvalue weighted by Gasteiger charge is 2.43. The zero-order valence-electron chi connectivity index (χ0n) is 18.7. The van der Waals surface area contributed by atoms with Crippen molar-refractivity contribution in [2.24, 2.45) is 5.92 Å². The molecule has 0 amide bonds. The second-order valence-corrected chi connectivity index (χ2v) is 8.34. The lowest BCUT2D eigenvalue weighted by atomic mass is 9.82. The molecule has 0 bridgehead atoms. The Morgan fingerprint density at radius 1 is 0.781 bits per heavy atom. The van der Waals surface area contributed by atoms with E-state index in [2.05, 4.69) is 58.2 Å². The second-order valence-electron chi connectivity index (χ2n) is 8.34. The maximum absolute atomic E-state index is 5.55. The first-order chi connectivity index (χ1) is 15.7. The van der Waals surface area contributed by atoms with Gasteiger partial charge in [0.2, 0.25) is 0 Å². The van der Waals surface area contributed by atoms with Gasteiger partial charge < -0.3 is 19.1 Å². The molecule has 0 radical (unpaired) electrons. The summed E-state index contributed by atoms with van der Waals surface area (Å²) in [6.45, 7) is 1.74. The van der Waals surface area contributed by atoms with Gasteiger partial charge in [-0.05, 0) is 59.2 Å². The maximum Gasteiger partial charge on any atom is 0.119 e. The normalized spacial score (nSPS) is 21.6. The van der Waals surface area contributed by atoms with Crippen molar-refractivity contribution in [3.05, 3.63) is 83.4 Å². The van der Waals surface area contributed by atoms with Crippen molar-refractivity contribution in [3.63, 3.8) is 0 Å². The standard InChI is InChI=1S/C26H29N3O3/c1-30-19-9-7-18(8-10-19)25-23-16-29(15-17-5-4-6-20(13-17)31-2)24-12-11-21(32-3)14-22(24)26(23)28-27-25/h4-14,23,25-28H,15-16H2,1-3H3. The molecule has 1 fully saturated rings. The third kappa shape index (κ3) is 3.76. The van der Waals surface area contributed by atoms with Gasteiger partial charge in [0.05, 0.1) is 33.4 Å². The van der Waals surface area contributed by atoms with Gasteiger partial charge in [-0.2, -0.15) is 0 Å². The Hall–Kier alpha value is -3.22. The van der Waals surface area contributed by atoms with E-state index < -0.39 is 0 Å². The molecule has 0 spiro atoms. The van der Waals surface area contributed by atoms with Crippen molar-refractivity contribution in [1.82, 2.24) is 10.9 Å². The van der Waals surface area contributed by atoms with Crippen LogP contribution in [0.15, 0.2) is 66.7 Å². The predicted molar refractivity (Wildman–Crippen MR) is 125 cm³/mol. The van der Waals surface area contributed by atoms with E-state index in [0.29, 0.717) is 5.92 Å². The van der Waals surface area contributed by atoms with Crippen LogP contribution in [0.2, 0.25) is 0 Å². The summed E-state index contributed by atoms with van der Waals surface area (Å²) in [4.78, 5) is 2.47. The first-order valence-electron chi connectivity index (χ1n) is 10.9. The number of benzene rings is 3. The molecule has 0 aliphatic carbocycles. The lowest BCUT2D eigenvalue weighted by Crippen LogP contribution is -2.39.